The maximum atomic E-state index is 13.7. The molecule has 1 fully saturated rings. The fourth-order valence-electron chi connectivity index (χ4n) is 5.91. The molecule has 226 valence electrons. The van der Waals surface area contributed by atoms with Gasteiger partial charge in [0.15, 0.2) is 11.5 Å². The van der Waals surface area contributed by atoms with Gasteiger partial charge in [0.25, 0.3) is 0 Å². The summed E-state index contributed by atoms with van der Waals surface area (Å²) in [7, 11) is 4.64. The third-order valence-electron chi connectivity index (χ3n) is 8.17. The van der Waals surface area contributed by atoms with Gasteiger partial charge in [-0.1, -0.05) is 0 Å². The number of ether oxygens (including phenoxy) is 4. The van der Waals surface area contributed by atoms with E-state index >= 15 is 0 Å². The molecule has 0 spiro atoms. The number of carbonyl (C=O) groups is 2. The van der Waals surface area contributed by atoms with Crippen molar-refractivity contribution in [2.75, 3.05) is 41.0 Å². The van der Waals surface area contributed by atoms with Gasteiger partial charge in [-0.3, -0.25) is 9.59 Å². The molecule has 1 heterocycles. The number of hydrogen-bond acceptors (Lipinski definition) is 9. The van der Waals surface area contributed by atoms with Crippen molar-refractivity contribution in [2.45, 2.75) is 50.0 Å². The summed E-state index contributed by atoms with van der Waals surface area (Å²) in [6.07, 6.45) is 1.54. The lowest BCUT2D eigenvalue weighted by molar-refractivity contribution is -0.138. The highest BCUT2D eigenvalue weighted by atomic mass is 16.5. The Labute approximate surface area is 244 Å². The van der Waals surface area contributed by atoms with Gasteiger partial charge in [-0.25, -0.2) is 0 Å². The zero-order valence-electron chi connectivity index (χ0n) is 24.0. The molecule has 2 aliphatic carbocycles. The quantitative estimate of drug-likeness (QED) is 0.291. The zero-order chi connectivity index (χ0) is 30.0. The highest BCUT2D eigenvalue weighted by Crippen LogP contribution is 2.51. The summed E-state index contributed by atoms with van der Waals surface area (Å²) in [5.74, 6) is 0.711. The standard InChI is InChI=1S/C31H38N2O9/c1-39-20-6-7-24(40-2)19(14-20)8-10-33(31(38)18-4-5-18)23-15-22(30(37)32-9-11-34)26-21-12-17(16-35)13-25(41-3)28(21)42-29(26)27(23)36/h6-7,12-15,18,23,26-27,29,34-36H,4-5,8-11,16H2,1-3H3,(H,32,37)/t23-,26+,27+,29+/m1/s1. The Morgan fingerprint density at radius 1 is 1.05 bits per heavy atom. The first-order chi connectivity index (χ1) is 20.3. The summed E-state index contributed by atoms with van der Waals surface area (Å²) < 4.78 is 22.7. The van der Waals surface area contributed by atoms with E-state index in [0.717, 1.165) is 18.4 Å². The monoisotopic (exact) mass is 582 g/mol. The lowest BCUT2D eigenvalue weighted by Gasteiger charge is -2.41. The molecule has 4 N–H and O–H groups in total. The number of benzene rings is 2. The van der Waals surface area contributed by atoms with Crippen LogP contribution < -0.4 is 24.3 Å². The fraction of sp³-hybridized carbons (Fsp3) is 0.484. The Hall–Kier alpha value is -3.80. The van der Waals surface area contributed by atoms with Gasteiger partial charge in [0.2, 0.25) is 11.8 Å². The molecular formula is C31H38N2O9. The molecular weight excluding hydrogens is 544 g/mol. The second-order valence-electron chi connectivity index (χ2n) is 10.8. The second-order valence-corrected chi connectivity index (χ2v) is 10.8. The van der Waals surface area contributed by atoms with Gasteiger partial charge >= 0.3 is 0 Å². The minimum Gasteiger partial charge on any atom is -0.497 e. The molecule has 1 saturated carbocycles. The topological polar surface area (TPSA) is 147 Å². The van der Waals surface area contributed by atoms with E-state index in [4.69, 9.17) is 18.9 Å². The van der Waals surface area contributed by atoms with Gasteiger partial charge in [-0.15, -0.1) is 0 Å². The molecule has 0 aromatic heterocycles. The smallest absolute Gasteiger partial charge is 0.247 e. The van der Waals surface area contributed by atoms with Gasteiger partial charge in [0.05, 0.1) is 46.5 Å². The number of rotatable bonds is 12. The Balaban J connectivity index is 1.54. The van der Waals surface area contributed by atoms with E-state index in [1.807, 2.05) is 12.1 Å². The van der Waals surface area contributed by atoms with Crippen LogP contribution in [-0.4, -0.2) is 91.3 Å². The van der Waals surface area contributed by atoms with Crippen molar-refractivity contribution >= 4 is 11.8 Å². The summed E-state index contributed by atoms with van der Waals surface area (Å²) >= 11 is 0. The normalized spacial score (nSPS) is 22.3. The number of nitrogens with zero attached hydrogens (tertiary/aromatic N) is 1. The average molecular weight is 583 g/mol. The van der Waals surface area contributed by atoms with Crippen LogP contribution in [0.15, 0.2) is 42.0 Å². The zero-order valence-corrected chi connectivity index (χ0v) is 24.0. The third kappa shape index (κ3) is 5.64. The van der Waals surface area contributed by atoms with E-state index in [-0.39, 0.29) is 38.1 Å². The largest absolute Gasteiger partial charge is 0.497 e. The molecule has 2 amide bonds. The lowest BCUT2D eigenvalue weighted by atomic mass is 9.77. The molecule has 2 aromatic carbocycles. The molecule has 4 atom stereocenters. The predicted molar refractivity (Wildman–Crippen MR) is 152 cm³/mol. The van der Waals surface area contributed by atoms with Crippen LogP contribution in [0.2, 0.25) is 0 Å². The Bertz CT molecular complexity index is 1360. The molecule has 42 heavy (non-hydrogen) atoms. The average Bonchev–Trinajstić information content (AvgIpc) is 3.80. The molecule has 3 aliphatic rings. The van der Waals surface area contributed by atoms with Gasteiger partial charge in [0, 0.05) is 30.1 Å². The van der Waals surface area contributed by atoms with Crippen LogP contribution in [0, 0.1) is 5.92 Å². The molecule has 1 aliphatic heterocycles. The maximum absolute atomic E-state index is 13.7. The van der Waals surface area contributed by atoms with E-state index in [2.05, 4.69) is 5.32 Å². The van der Waals surface area contributed by atoms with Crippen LogP contribution in [-0.2, 0) is 22.6 Å². The van der Waals surface area contributed by atoms with Crippen molar-refractivity contribution in [1.82, 2.24) is 10.2 Å². The Morgan fingerprint density at radius 2 is 1.81 bits per heavy atom. The molecule has 0 bridgehead atoms. The molecule has 0 radical (unpaired) electrons. The number of nitrogens with one attached hydrogen (secondary N) is 1. The number of aliphatic hydroxyl groups excluding tert-OH is 3. The minimum atomic E-state index is -1.17. The van der Waals surface area contributed by atoms with E-state index < -0.39 is 30.1 Å². The van der Waals surface area contributed by atoms with Crippen LogP contribution in [0.5, 0.6) is 23.0 Å². The van der Waals surface area contributed by atoms with Gasteiger partial charge in [-0.2, -0.15) is 0 Å². The summed E-state index contributed by atoms with van der Waals surface area (Å²) in [5.41, 5.74) is 2.32. The first-order valence-electron chi connectivity index (χ1n) is 14.1. The highest BCUT2D eigenvalue weighted by molar-refractivity contribution is 5.96. The van der Waals surface area contributed by atoms with Crippen molar-refractivity contribution < 1.29 is 43.9 Å². The maximum Gasteiger partial charge on any atom is 0.247 e. The Morgan fingerprint density at radius 3 is 2.45 bits per heavy atom. The van der Waals surface area contributed by atoms with Crippen molar-refractivity contribution in [3.8, 4) is 23.0 Å². The summed E-state index contributed by atoms with van der Waals surface area (Å²) in [6.45, 7) is -0.206. The van der Waals surface area contributed by atoms with E-state index in [1.165, 1.54) is 7.11 Å². The predicted octanol–water partition coefficient (Wildman–Crippen LogP) is 1.31. The summed E-state index contributed by atoms with van der Waals surface area (Å²) in [5, 5.41) is 33.7. The first kappa shape index (κ1) is 29.7. The summed E-state index contributed by atoms with van der Waals surface area (Å²) in [4.78, 5) is 28.8. The van der Waals surface area contributed by atoms with Gasteiger partial charge in [-0.05, 0) is 66.8 Å². The number of methoxy groups -OCH3 is 3. The van der Waals surface area contributed by atoms with Crippen molar-refractivity contribution in [3.05, 3.63) is 58.7 Å². The van der Waals surface area contributed by atoms with E-state index in [0.29, 0.717) is 46.1 Å². The van der Waals surface area contributed by atoms with Crippen molar-refractivity contribution in [1.29, 1.82) is 0 Å². The SMILES string of the molecule is COc1ccc(OC)c(CCN(C(=O)C2CC2)[C@@H]2C=C(C(=O)NCCO)[C@@H]3c4cc(CO)cc(OC)c4O[C@@H]3[C@H]2O)c1. The fourth-order valence-corrected chi connectivity index (χ4v) is 5.91. The molecule has 11 heteroatoms. The van der Waals surface area contributed by atoms with Crippen LogP contribution in [0.1, 0.15) is 35.4 Å². The van der Waals surface area contributed by atoms with Crippen LogP contribution in [0.25, 0.3) is 0 Å². The van der Waals surface area contributed by atoms with E-state index in [9.17, 15) is 24.9 Å². The number of fused-ring (bicyclic) bond motifs is 3. The molecule has 11 nitrogen and oxygen atoms in total. The Kier molecular flexibility index (Phi) is 8.91. The van der Waals surface area contributed by atoms with Crippen LogP contribution in [0.3, 0.4) is 0 Å². The number of amides is 2. The van der Waals surface area contributed by atoms with E-state index in [1.54, 1.807) is 43.4 Å². The molecule has 5 rings (SSSR count). The second kappa shape index (κ2) is 12.6. The van der Waals surface area contributed by atoms with Gasteiger partial charge < -0.3 is 44.5 Å². The van der Waals surface area contributed by atoms with Crippen molar-refractivity contribution in [2.24, 2.45) is 5.92 Å². The van der Waals surface area contributed by atoms with Crippen molar-refractivity contribution in [3.63, 3.8) is 0 Å². The minimum absolute atomic E-state index is 0.0366. The van der Waals surface area contributed by atoms with Gasteiger partial charge in [0.1, 0.15) is 23.7 Å². The lowest BCUT2D eigenvalue weighted by Crippen LogP contribution is -2.56. The number of carbonyl (C=O) groups excluding carboxylic acids is 2. The third-order valence-corrected chi connectivity index (χ3v) is 8.17. The van der Waals surface area contributed by atoms with Crippen LogP contribution in [0.4, 0.5) is 0 Å². The first-order valence-corrected chi connectivity index (χ1v) is 14.1. The molecule has 0 unspecified atom stereocenters. The highest BCUT2D eigenvalue weighted by Gasteiger charge is 2.52. The molecule has 0 saturated heterocycles. The number of hydrogen-bond donors (Lipinski definition) is 4. The number of aliphatic hydroxyl groups is 3. The molecule has 2 aromatic rings. The summed E-state index contributed by atoms with van der Waals surface area (Å²) in [6, 6.07) is 8.00. The van der Waals surface area contributed by atoms with Crippen LogP contribution >= 0.6 is 0 Å².